The van der Waals surface area contributed by atoms with Crippen LogP contribution < -0.4 is 0 Å². The maximum atomic E-state index is 13.6. The highest BCUT2D eigenvalue weighted by Gasteiger charge is 2.27. The van der Waals surface area contributed by atoms with E-state index in [1.54, 1.807) is 0 Å². The highest BCUT2D eigenvalue weighted by Crippen LogP contribution is 2.40. The Bertz CT molecular complexity index is 789. The molecule has 0 bridgehead atoms. The second-order valence-corrected chi connectivity index (χ2v) is 8.79. The molecule has 2 N–H and O–H groups in total. The van der Waals surface area contributed by atoms with Crippen LogP contribution in [0.4, 0.5) is 8.78 Å². The summed E-state index contributed by atoms with van der Waals surface area (Å²) in [5.41, 5.74) is 1.65. The molecule has 26 heavy (non-hydrogen) atoms. The summed E-state index contributed by atoms with van der Waals surface area (Å²) < 4.78 is 26.7. The molecule has 1 heterocycles. The summed E-state index contributed by atoms with van der Waals surface area (Å²) in [6.45, 7) is 12.1. The van der Waals surface area contributed by atoms with Gasteiger partial charge in [0, 0.05) is 12.6 Å². The van der Waals surface area contributed by atoms with E-state index in [1.165, 1.54) is 0 Å². The van der Waals surface area contributed by atoms with Crippen LogP contribution in [-0.4, -0.2) is 15.9 Å². The minimum atomic E-state index is -1.13. The third-order valence-corrected chi connectivity index (χ3v) is 4.48. The fourth-order valence-corrected chi connectivity index (χ4v) is 2.95. The van der Waals surface area contributed by atoms with Crippen molar-refractivity contribution in [3.05, 3.63) is 52.3 Å². The molecule has 0 saturated heterocycles. The van der Waals surface area contributed by atoms with Crippen molar-refractivity contribution in [3.8, 4) is 5.75 Å². The number of rotatable bonds is 4. The standard InChI is InChI=1S/C21H27F2NO2/c1-20(2,3)13-9-12(10-14(19(13)26)21(4,5)6)7-8-16(25)18-17(23)15(22)11-24-18/h9-11,24,26H,7-8H2,1-6H3. The smallest absolute Gasteiger partial charge is 0.187 e. The number of ketones is 1. The number of phenols is 1. The summed E-state index contributed by atoms with van der Waals surface area (Å²) in [6.07, 6.45) is 1.28. The summed E-state index contributed by atoms with van der Waals surface area (Å²) in [7, 11) is 0. The van der Waals surface area contributed by atoms with Crippen LogP contribution in [0.25, 0.3) is 0 Å². The van der Waals surface area contributed by atoms with Crippen molar-refractivity contribution < 1.29 is 18.7 Å². The average molecular weight is 363 g/mol. The Morgan fingerprint density at radius 2 is 1.54 bits per heavy atom. The number of aromatic hydroxyl groups is 1. The van der Waals surface area contributed by atoms with E-state index in [2.05, 4.69) is 4.98 Å². The van der Waals surface area contributed by atoms with E-state index in [4.69, 9.17) is 0 Å². The van der Waals surface area contributed by atoms with Gasteiger partial charge in [-0.2, -0.15) is 0 Å². The van der Waals surface area contributed by atoms with Gasteiger partial charge < -0.3 is 10.1 Å². The van der Waals surface area contributed by atoms with E-state index in [9.17, 15) is 18.7 Å². The Morgan fingerprint density at radius 3 is 1.92 bits per heavy atom. The van der Waals surface area contributed by atoms with Crippen LogP contribution in [0.5, 0.6) is 5.75 Å². The molecule has 0 spiro atoms. The maximum absolute atomic E-state index is 13.6. The molecule has 1 aromatic heterocycles. The van der Waals surface area contributed by atoms with Gasteiger partial charge in [0.2, 0.25) is 0 Å². The lowest BCUT2D eigenvalue weighted by Gasteiger charge is -2.28. The second-order valence-electron chi connectivity index (χ2n) is 8.79. The van der Waals surface area contributed by atoms with Gasteiger partial charge in [0.1, 0.15) is 11.4 Å². The van der Waals surface area contributed by atoms with Crippen molar-refractivity contribution in [3.63, 3.8) is 0 Å². The van der Waals surface area contributed by atoms with Crippen LogP contribution in [0.1, 0.15) is 75.1 Å². The number of carbonyl (C=O) groups excluding carboxylic acids is 1. The van der Waals surface area contributed by atoms with Gasteiger partial charge in [0.05, 0.1) is 0 Å². The second kappa shape index (κ2) is 6.86. The number of hydrogen-bond donors (Lipinski definition) is 2. The molecule has 0 unspecified atom stereocenters. The molecule has 0 amide bonds. The van der Waals surface area contributed by atoms with Crippen LogP contribution in [-0.2, 0) is 17.3 Å². The van der Waals surface area contributed by atoms with Crippen molar-refractivity contribution in [1.82, 2.24) is 4.98 Å². The highest BCUT2D eigenvalue weighted by atomic mass is 19.2. The molecule has 0 saturated carbocycles. The summed E-state index contributed by atoms with van der Waals surface area (Å²) in [6, 6.07) is 3.78. The zero-order valence-electron chi connectivity index (χ0n) is 16.3. The number of Topliss-reactive ketones (excluding diaryl/α,β-unsaturated/α-hetero) is 1. The third-order valence-electron chi connectivity index (χ3n) is 4.48. The molecule has 1 aromatic carbocycles. The van der Waals surface area contributed by atoms with Crippen LogP contribution in [0.15, 0.2) is 18.3 Å². The minimum absolute atomic E-state index is 0.0504. The van der Waals surface area contributed by atoms with E-state index in [0.29, 0.717) is 6.42 Å². The molecule has 5 heteroatoms. The van der Waals surface area contributed by atoms with E-state index in [0.717, 1.165) is 22.9 Å². The minimum Gasteiger partial charge on any atom is -0.507 e. The lowest BCUT2D eigenvalue weighted by atomic mass is 9.78. The van der Waals surface area contributed by atoms with E-state index >= 15 is 0 Å². The summed E-state index contributed by atoms with van der Waals surface area (Å²) in [5.74, 6) is -2.39. The molecule has 142 valence electrons. The van der Waals surface area contributed by atoms with Gasteiger partial charge in [-0.3, -0.25) is 4.79 Å². The zero-order valence-corrected chi connectivity index (χ0v) is 16.3. The number of aromatic nitrogens is 1. The number of benzene rings is 1. The molecular weight excluding hydrogens is 336 g/mol. The molecule has 0 aliphatic carbocycles. The van der Waals surface area contributed by atoms with Crippen molar-refractivity contribution in [2.75, 3.05) is 0 Å². The van der Waals surface area contributed by atoms with Gasteiger partial charge in [-0.05, 0) is 33.9 Å². The fourth-order valence-electron chi connectivity index (χ4n) is 2.95. The largest absolute Gasteiger partial charge is 0.507 e. The molecule has 2 aromatic rings. The number of hydrogen-bond acceptors (Lipinski definition) is 2. The first kappa shape index (κ1) is 20.1. The SMILES string of the molecule is CC(C)(C)c1cc(CCC(=O)c2[nH]cc(F)c2F)cc(C(C)(C)C)c1O. The fraction of sp³-hybridized carbons (Fsp3) is 0.476. The van der Waals surface area contributed by atoms with Crippen LogP contribution in [0.3, 0.4) is 0 Å². The number of halogens is 2. The molecule has 3 nitrogen and oxygen atoms in total. The Labute approximate surface area is 153 Å². The first-order chi connectivity index (χ1) is 11.8. The maximum Gasteiger partial charge on any atom is 0.187 e. The van der Waals surface area contributed by atoms with Gasteiger partial charge in [0.15, 0.2) is 17.4 Å². The number of H-pyrrole nitrogens is 1. The summed E-state index contributed by atoms with van der Waals surface area (Å²) in [5, 5.41) is 10.7. The van der Waals surface area contributed by atoms with Gasteiger partial charge in [-0.25, -0.2) is 8.78 Å². The van der Waals surface area contributed by atoms with E-state index < -0.39 is 17.4 Å². The number of carbonyl (C=O) groups is 1. The van der Waals surface area contributed by atoms with Crippen molar-refractivity contribution in [2.24, 2.45) is 0 Å². The lowest BCUT2D eigenvalue weighted by molar-refractivity contribution is 0.0974. The lowest BCUT2D eigenvalue weighted by Crippen LogP contribution is -2.18. The molecule has 2 rings (SSSR count). The molecular formula is C21H27F2NO2. The first-order valence-electron chi connectivity index (χ1n) is 8.74. The molecule has 0 atom stereocenters. The zero-order chi connectivity index (χ0) is 19.9. The van der Waals surface area contributed by atoms with E-state index in [1.807, 2.05) is 53.7 Å². The van der Waals surface area contributed by atoms with Gasteiger partial charge >= 0.3 is 0 Å². The monoisotopic (exact) mass is 363 g/mol. The van der Waals surface area contributed by atoms with Crippen LogP contribution in [0.2, 0.25) is 0 Å². The summed E-state index contributed by atoms with van der Waals surface area (Å²) in [4.78, 5) is 14.5. The predicted molar refractivity (Wildman–Crippen MR) is 98.9 cm³/mol. The number of phenolic OH excluding ortho intramolecular Hbond substituents is 1. The van der Waals surface area contributed by atoms with Crippen molar-refractivity contribution >= 4 is 5.78 Å². The number of nitrogens with one attached hydrogen (secondary N) is 1. The Balaban J connectivity index is 2.34. The summed E-state index contributed by atoms with van der Waals surface area (Å²) >= 11 is 0. The first-order valence-corrected chi connectivity index (χ1v) is 8.74. The average Bonchev–Trinajstić information content (AvgIpc) is 2.83. The molecule has 0 fully saturated rings. The topological polar surface area (TPSA) is 53.1 Å². The van der Waals surface area contributed by atoms with Gasteiger partial charge in [-0.15, -0.1) is 0 Å². The number of aryl methyl sites for hydroxylation is 1. The Morgan fingerprint density at radius 1 is 1.04 bits per heavy atom. The van der Waals surface area contributed by atoms with Crippen LogP contribution in [0, 0.1) is 11.6 Å². The molecule has 0 aliphatic heterocycles. The number of aromatic amines is 1. The normalized spacial score (nSPS) is 12.5. The quantitative estimate of drug-likeness (QED) is 0.714. The van der Waals surface area contributed by atoms with Crippen molar-refractivity contribution in [1.29, 1.82) is 0 Å². The van der Waals surface area contributed by atoms with E-state index in [-0.39, 0.29) is 28.7 Å². The Hall–Kier alpha value is -2.17. The molecule has 0 aliphatic rings. The highest BCUT2D eigenvalue weighted by molar-refractivity contribution is 5.94. The Kier molecular flexibility index (Phi) is 5.31. The van der Waals surface area contributed by atoms with Gasteiger partial charge in [0.25, 0.3) is 0 Å². The molecule has 0 radical (unpaired) electrons. The van der Waals surface area contributed by atoms with Crippen LogP contribution >= 0.6 is 0 Å². The third kappa shape index (κ3) is 4.14. The van der Waals surface area contributed by atoms with Crippen molar-refractivity contribution in [2.45, 2.75) is 65.2 Å². The predicted octanol–water partition coefficient (Wildman–Crippen LogP) is 5.41. The van der Waals surface area contributed by atoms with Gasteiger partial charge in [-0.1, -0.05) is 53.7 Å².